The molecule has 4 nitrogen and oxygen atoms in total. The lowest BCUT2D eigenvalue weighted by Crippen LogP contribution is -2.39. The highest BCUT2D eigenvalue weighted by molar-refractivity contribution is 6.35. The minimum absolute atomic E-state index is 0.117. The Bertz CT molecular complexity index is 628. The van der Waals surface area contributed by atoms with Gasteiger partial charge in [0, 0.05) is 41.8 Å². The van der Waals surface area contributed by atoms with Crippen LogP contribution in [0.1, 0.15) is 18.0 Å². The fraction of sp³-hybridized carbons (Fsp3) is 0.438. The number of ether oxygens (including phenoxy) is 1. The van der Waals surface area contributed by atoms with Crippen molar-refractivity contribution in [2.24, 2.45) is 5.73 Å². The van der Waals surface area contributed by atoms with Crippen LogP contribution in [0.3, 0.4) is 0 Å². The molecule has 0 bridgehead atoms. The summed E-state index contributed by atoms with van der Waals surface area (Å²) in [5.41, 5.74) is 8.13. The van der Waals surface area contributed by atoms with Crippen LogP contribution in [0.5, 0.6) is 0 Å². The number of likely N-dealkylation sites (N-methyl/N-ethyl adjacent to an activating group) is 1. The minimum atomic E-state index is 0.117. The second kappa shape index (κ2) is 6.28. The molecular formula is C16H20ClN3O. The van der Waals surface area contributed by atoms with Crippen molar-refractivity contribution in [3.8, 4) is 0 Å². The molecule has 1 fully saturated rings. The Hall–Kier alpha value is -1.20. The van der Waals surface area contributed by atoms with E-state index in [0.717, 1.165) is 41.1 Å². The van der Waals surface area contributed by atoms with E-state index in [1.54, 1.807) is 6.20 Å². The first kappa shape index (κ1) is 14.7. The van der Waals surface area contributed by atoms with Crippen molar-refractivity contribution in [2.75, 3.05) is 26.8 Å². The summed E-state index contributed by atoms with van der Waals surface area (Å²) in [6, 6.07) is 8.41. The molecule has 5 heteroatoms. The van der Waals surface area contributed by atoms with Crippen LogP contribution in [-0.2, 0) is 4.74 Å². The van der Waals surface area contributed by atoms with Crippen LogP contribution < -0.4 is 5.73 Å². The van der Waals surface area contributed by atoms with Crippen molar-refractivity contribution in [2.45, 2.75) is 18.5 Å². The van der Waals surface area contributed by atoms with E-state index in [1.807, 2.05) is 24.3 Å². The number of nitrogens with two attached hydrogens (primary N) is 1. The Morgan fingerprint density at radius 2 is 2.33 bits per heavy atom. The molecule has 0 saturated carbocycles. The van der Waals surface area contributed by atoms with Crippen LogP contribution in [0.15, 0.2) is 30.5 Å². The maximum absolute atomic E-state index is 6.28. The van der Waals surface area contributed by atoms with Crippen molar-refractivity contribution in [1.82, 2.24) is 9.88 Å². The summed E-state index contributed by atoms with van der Waals surface area (Å²) in [4.78, 5) is 6.83. The summed E-state index contributed by atoms with van der Waals surface area (Å²) in [5, 5.41) is 1.70. The highest BCUT2D eigenvalue weighted by atomic mass is 35.5. The Labute approximate surface area is 129 Å². The van der Waals surface area contributed by atoms with Gasteiger partial charge >= 0.3 is 0 Å². The number of aromatic nitrogens is 1. The molecule has 0 aliphatic carbocycles. The van der Waals surface area contributed by atoms with Gasteiger partial charge in [-0.05, 0) is 37.2 Å². The van der Waals surface area contributed by atoms with Crippen molar-refractivity contribution in [3.05, 3.63) is 41.0 Å². The molecule has 112 valence electrons. The molecule has 1 aliphatic heterocycles. The lowest BCUT2D eigenvalue weighted by Gasteiger charge is -2.32. The summed E-state index contributed by atoms with van der Waals surface area (Å²) in [6.07, 6.45) is 2.85. The third-order valence-corrected chi connectivity index (χ3v) is 4.63. The Kier molecular flexibility index (Phi) is 4.40. The van der Waals surface area contributed by atoms with E-state index in [9.17, 15) is 0 Å². The van der Waals surface area contributed by atoms with Gasteiger partial charge in [0.25, 0.3) is 0 Å². The minimum Gasteiger partial charge on any atom is -0.380 e. The van der Waals surface area contributed by atoms with Crippen LogP contribution in [0.25, 0.3) is 10.9 Å². The lowest BCUT2D eigenvalue weighted by atomic mass is 10.00. The number of fused-ring (bicyclic) bond motifs is 1. The summed E-state index contributed by atoms with van der Waals surface area (Å²) in [5.74, 6) is 0. The van der Waals surface area contributed by atoms with Gasteiger partial charge in [-0.25, -0.2) is 0 Å². The Morgan fingerprint density at radius 3 is 3.05 bits per heavy atom. The molecule has 1 aliphatic rings. The van der Waals surface area contributed by atoms with Crippen molar-refractivity contribution < 1.29 is 4.74 Å². The second-order valence-electron chi connectivity index (χ2n) is 5.47. The van der Waals surface area contributed by atoms with Crippen molar-refractivity contribution in [3.63, 3.8) is 0 Å². The zero-order valence-electron chi connectivity index (χ0n) is 12.1. The smallest absolute Gasteiger partial charge is 0.0765 e. The van der Waals surface area contributed by atoms with Crippen molar-refractivity contribution in [1.29, 1.82) is 0 Å². The van der Waals surface area contributed by atoms with Gasteiger partial charge in [0.05, 0.1) is 12.1 Å². The van der Waals surface area contributed by atoms with Crippen molar-refractivity contribution >= 4 is 22.5 Å². The van der Waals surface area contributed by atoms with Gasteiger partial charge in [-0.3, -0.25) is 9.88 Å². The molecule has 3 rings (SSSR count). The first-order chi connectivity index (χ1) is 10.2. The normalized spacial score (nSPS) is 20.3. The predicted octanol–water partition coefficient (Wildman–Crippen LogP) is 2.61. The molecule has 0 radical (unpaired) electrons. The summed E-state index contributed by atoms with van der Waals surface area (Å²) in [7, 11) is 2.11. The maximum Gasteiger partial charge on any atom is 0.0765 e. The monoisotopic (exact) mass is 305 g/mol. The van der Waals surface area contributed by atoms with E-state index in [2.05, 4.69) is 16.9 Å². The number of rotatable bonds is 4. The molecule has 0 spiro atoms. The van der Waals surface area contributed by atoms with E-state index < -0.39 is 0 Å². The first-order valence-corrected chi connectivity index (χ1v) is 7.63. The lowest BCUT2D eigenvalue weighted by molar-refractivity contribution is 0.135. The molecule has 1 aromatic carbocycles. The fourth-order valence-corrected chi connectivity index (χ4v) is 3.25. The first-order valence-electron chi connectivity index (χ1n) is 7.25. The Morgan fingerprint density at radius 1 is 1.48 bits per heavy atom. The van der Waals surface area contributed by atoms with Crippen LogP contribution >= 0.6 is 11.6 Å². The third kappa shape index (κ3) is 2.77. The van der Waals surface area contributed by atoms with E-state index >= 15 is 0 Å². The summed E-state index contributed by atoms with van der Waals surface area (Å²) < 4.78 is 5.50. The van der Waals surface area contributed by atoms with E-state index in [0.29, 0.717) is 12.6 Å². The van der Waals surface area contributed by atoms with E-state index in [1.165, 1.54) is 0 Å². The average Bonchev–Trinajstić information content (AvgIpc) is 3.04. The molecule has 0 amide bonds. The van der Waals surface area contributed by atoms with Gasteiger partial charge in [-0.1, -0.05) is 17.7 Å². The largest absolute Gasteiger partial charge is 0.380 e. The fourth-order valence-electron chi connectivity index (χ4n) is 3.04. The zero-order valence-corrected chi connectivity index (χ0v) is 12.9. The standard InChI is InChI=1S/C16H20ClN3O/c1-20(11-6-8-21-10-11)15(9-18)13-4-5-14(17)12-3-2-7-19-16(12)13/h2-5,7,11,15H,6,8-10,18H2,1H3. The predicted molar refractivity (Wildman–Crippen MR) is 85.5 cm³/mol. The van der Waals surface area contributed by atoms with Crippen LogP contribution in [-0.4, -0.2) is 42.7 Å². The van der Waals surface area contributed by atoms with Crippen LogP contribution in [0.4, 0.5) is 0 Å². The van der Waals surface area contributed by atoms with Crippen LogP contribution in [0.2, 0.25) is 5.02 Å². The van der Waals surface area contributed by atoms with Gasteiger partial charge in [0.2, 0.25) is 0 Å². The van der Waals surface area contributed by atoms with Gasteiger partial charge < -0.3 is 10.5 Å². The number of hydrogen-bond acceptors (Lipinski definition) is 4. The number of benzene rings is 1. The van der Waals surface area contributed by atoms with Gasteiger partial charge in [0.15, 0.2) is 0 Å². The summed E-state index contributed by atoms with van der Waals surface area (Å²) in [6.45, 7) is 2.14. The molecule has 1 aromatic heterocycles. The molecule has 2 aromatic rings. The quantitative estimate of drug-likeness (QED) is 0.943. The van der Waals surface area contributed by atoms with Gasteiger partial charge in [0.1, 0.15) is 0 Å². The molecular weight excluding hydrogens is 286 g/mol. The Balaban J connectivity index is 2.02. The molecule has 2 heterocycles. The number of hydrogen-bond donors (Lipinski definition) is 1. The highest BCUT2D eigenvalue weighted by Crippen LogP contribution is 2.32. The number of pyridine rings is 1. The van der Waals surface area contributed by atoms with Gasteiger partial charge in [-0.2, -0.15) is 0 Å². The molecule has 21 heavy (non-hydrogen) atoms. The van der Waals surface area contributed by atoms with Gasteiger partial charge in [-0.15, -0.1) is 0 Å². The molecule has 1 saturated heterocycles. The van der Waals surface area contributed by atoms with E-state index in [-0.39, 0.29) is 6.04 Å². The SMILES string of the molecule is CN(C1CCOC1)C(CN)c1ccc(Cl)c2cccnc12. The third-order valence-electron chi connectivity index (χ3n) is 4.30. The molecule has 2 atom stereocenters. The molecule has 2 unspecified atom stereocenters. The number of halogens is 1. The van der Waals surface area contributed by atoms with Crippen LogP contribution in [0, 0.1) is 0 Å². The average molecular weight is 306 g/mol. The van der Waals surface area contributed by atoms with E-state index in [4.69, 9.17) is 22.1 Å². The molecule has 2 N–H and O–H groups in total. The maximum atomic E-state index is 6.28. The zero-order chi connectivity index (χ0) is 14.8. The highest BCUT2D eigenvalue weighted by Gasteiger charge is 2.27. The second-order valence-corrected chi connectivity index (χ2v) is 5.88. The number of nitrogens with zero attached hydrogens (tertiary/aromatic N) is 2. The topological polar surface area (TPSA) is 51.4 Å². The summed E-state index contributed by atoms with van der Waals surface area (Å²) >= 11 is 6.28.